The molecule has 0 saturated carbocycles. The molecule has 0 aromatic rings. The van der Waals surface area contributed by atoms with Crippen molar-refractivity contribution in [3.63, 3.8) is 0 Å². The predicted octanol–water partition coefficient (Wildman–Crippen LogP) is 4.57. The topological polar surface area (TPSA) is 135 Å². The molecule has 6 atom stereocenters. The fourth-order valence-electron chi connectivity index (χ4n) is 4.64. The van der Waals surface area contributed by atoms with Crippen LogP contribution in [-0.4, -0.2) is 89.6 Å². The molecule has 1 heterocycles. The first-order valence-electron chi connectivity index (χ1n) is 15.8. The van der Waals surface area contributed by atoms with E-state index in [9.17, 15) is 25.2 Å². The zero-order chi connectivity index (χ0) is 29.4. The third-order valence-corrected chi connectivity index (χ3v) is 7.15. The summed E-state index contributed by atoms with van der Waals surface area (Å²) in [6.07, 6.45) is 15.4. The fraction of sp³-hybridized carbons (Fsp3) is 0.903. The van der Waals surface area contributed by atoms with Crippen molar-refractivity contribution in [2.45, 2.75) is 153 Å². The van der Waals surface area contributed by atoms with E-state index in [4.69, 9.17) is 18.9 Å². The van der Waals surface area contributed by atoms with Crippen molar-refractivity contribution in [1.29, 1.82) is 0 Å². The number of aliphatic hydroxyl groups excluding tert-OH is 4. The van der Waals surface area contributed by atoms with E-state index in [1.807, 2.05) is 6.92 Å². The van der Waals surface area contributed by atoms with Gasteiger partial charge in [-0.1, -0.05) is 83.8 Å². The summed E-state index contributed by atoms with van der Waals surface area (Å²) in [6.45, 7) is 4.15. The molecule has 1 saturated heterocycles. The van der Waals surface area contributed by atoms with Crippen LogP contribution in [0.3, 0.4) is 0 Å². The van der Waals surface area contributed by atoms with Gasteiger partial charge >= 0.3 is 5.97 Å². The van der Waals surface area contributed by atoms with Gasteiger partial charge in [0.05, 0.1) is 19.8 Å². The number of rotatable bonds is 25. The Bertz CT molecular complexity index is 628. The van der Waals surface area contributed by atoms with Crippen LogP contribution in [0.4, 0.5) is 0 Å². The number of allylic oxidation sites excluding steroid dienone is 2. The second kappa shape index (κ2) is 24.5. The number of ether oxygens (including phenoxy) is 4. The van der Waals surface area contributed by atoms with Crippen molar-refractivity contribution < 1.29 is 44.2 Å². The summed E-state index contributed by atoms with van der Waals surface area (Å²) in [5.74, 6) is -0.370. The Balaban J connectivity index is 2.16. The highest BCUT2D eigenvalue weighted by Gasteiger charge is 2.44. The number of hydrogen-bond acceptors (Lipinski definition) is 9. The van der Waals surface area contributed by atoms with Crippen LogP contribution in [0.5, 0.6) is 0 Å². The van der Waals surface area contributed by atoms with Gasteiger partial charge in [-0.2, -0.15) is 0 Å². The Labute approximate surface area is 242 Å². The van der Waals surface area contributed by atoms with Crippen molar-refractivity contribution in [2.24, 2.45) is 0 Å². The summed E-state index contributed by atoms with van der Waals surface area (Å²) in [6, 6.07) is 0. The first kappa shape index (κ1) is 37.0. The van der Waals surface area contributed by atoms with Gasteiger partial charge in [0.1, 0.15) is 30.5 Å². The third-order valence-electron chi connectivity index (χ3n) is 7.15. The van der Waals surface area contributed by atoms with Crippen LogP contribution in [0.25, 0.3) is 0 Å². The van der Waals surface area contributed by atoms with Gasteiger partial charge < -0.3 is 39.4 Å². The number of aliphatic hydroxyl groups is 4. The molecule has 236 valence electrons. The Kier molecular flexibility index (Phi) is 22.7. The van der Waals surface area contributed by atoms with E-state index in [-0.39, 0.29) is 25.6 Å². The third kappa shape index (κ3) is 17.0. The number of esters is 1. The molecule has 0 spiro atoms. The van der Waals surface area contributed by atoms with E-state index in [1.165, 1.54) is 77.0 Å². The lowest BCUT2D eigenvalue weighted by Crippen LogP contribution is -2.59. The van der Waals surface area contributed by atoms with E-state index in [2.05, 4.69) is 19.1 Å². The highest BCUT2D eigenvalue weighted by atomic mass is 16.7. The lowest BCUT2D eigenvalue weighted by molar-refractivity contribution is -0.305. The van der Waals surface area contributed by atoms with Crippen LogP contribution in [0, 0.1) is 0 Å². The molecule has 0 bridgehead atoms. The molecular weight excluding hydrogens is 516 g/mol. The fourth-order valence-corrected chi connectivity index (χ4v) is 4.64. The minimum atomic E-state index is -1.53. The SMILES string of the molecule is CCCCCCCC/C=C\CCCCCCCCOCC(COC1OC(CO)C(O)C(O)C1O)OC(=O)CCC. The smallest absolute Gasteiger partial charge is 0.306 e. The molecule has 1 aliphatic heterocycles. The molecule has 1 fully saturated rings. The van der Waals surface area contributed by atoms with Crippen LogP contribution in [0.2, 0.25) is 0 Å². The van der Waals surface area contributed by atoms with E-state index < -0.39 is 43.4 Å². The van der Waals surface area contributed by atoms with Gasteiger partial charge in [0.2, 0.25) is 0 Å². The van der Waals surface area contributed by atoms with E-state index in [1.54, 1.807) is 0 Å². The maximum absolute atomic E-state index is 12.0. The normalized spacial score (nSPS) is 24.0. The average Bonchev–Trinajstić information content (AvgIpc) is 2.94. The summed E-state index contributed by atoms with van der Waals surface area (Å²) in [5.41, 5.74) is 0. The molecule has 0 amide bonds. The zero-order valence-electron chi connectivity index (χ0n) is 25.1. The van der Waals surface area contributed by atoms with Crippen LogP contribution in [0.1, 0.15) is 117 Å². The van der Waals surface area contributed by atoms with Crippen LogP contribution in [0.15, 0.2) is 12.2 Å². The second-order valence-corrected chi connectivity index (χ2v) is 10.9. The summed E-state index contributed by atoms with van der Waals surface area (Å²) in [5, 5.41) is 39.3. The Morgan fingerprint density at radius 1 is 0.775 bits per heavy atom. The van der Waals surface area contributed by atoms with Crippen LogP contribution in [-0.2, 0) is 23.7 Å². The van der Waals surface area contributed by atoms with E-state index >= 15 is 0 Å². The first-order chi connectivity index (χ1) is 19.4. The molecule has 0 aromatic heterocycles. The molecular formula is C31H58O9. The lowest BCUT2D eigenvalue weighted by atomic mass is 9.99. The van der Waals surface area contributed by atoms with E-state index in [0.29, 0.717) is 13.0 Å². The number of unbranched alkanes of at least 4 members (excludes halogenated alkanes) is 12. The van der Waals surface area contributed by atoms with Gasteiger partial charge in [-0.05, 0) is 38.5 Å². The molecule has 0 aliphatic carbocycles. The molecule has 1 rings (SSSR count). The lowest BCUT2D eigenvalue weighted by Gasteiger charge is -2.39. The van der Waals surface area contributed by atoms with Gasteiger partial charge in [0.15, 0.2) is 6.29 Å². The minimum absolute atomic E-state index is 0.119. The summed E-state index contributed by atoms with van der Waals surface area (Å²) < 4.78 is 22.1. The Morgan fingerprint density at radius 3 is 1.98 bits per heavy atom. The van der Waals surface area contributed by atoms with Crippen molar-refractivity contribution in [3.05, 3.63) is 12.2 Å². The quantitative estimate of drug-likeness (QED) is 0.0702. The second-order valence-electron chi connectivity index (χ2n) is 10.9. The predicted molar refractivity (Wildman–Crippen MR) is 155 cm³/mol. The monoisotopic (exact) mass is 574 g/mol. The standard InChI is InChI=1S/C31H58O9/c1-3-5-6-7-8-9-10-11-12-13-14-15-16-17-18-19-21-37-23-25(39-27(33)20-4-2)24-38-31-30(36)29(35)28(34)26(22-32)40-31/h11-12,25-26,28-32,34-36H,3-10,13-24H2,1-2H3/b12-11-. The first-order valence-corrected chi connectivity index (χ1v) is 15.8. The zero-order valence-corrected chi connectivity index (χ0v) is 25.1. The molecule has 9 nitrogen and oxygen atoms in total. The molecule has 9 heteroatoms. The molecule has 4 N–H and O–H groups in total. The summed E-state index contributed by atoms with van der Waals surface area (Å²) in [7, 11) is 0. The van der Waals surface area contributed by atoms with Gasteiger partial charge in [-0.15, -0.1) is 0 Å². The Hall–Kier alpha value is -1.07. The summed E-state index contributed by atoms with van der Waals surface area (Å²) >= 11 is 0. The van der Waals surface area contributed by atoms with Crippen LogP contribution >= 0.6 is 0 Å². The van der Waals surface area contributed by atoms with Gasteiger partial charge in [0, 0.05) is 13.0 Å². The highest BCUT2D eigenvalue weighted by Crippen LogP contribution is 2.22. The molecule has 0 aromatic carbocycles. The van der Waals surface area contributed by atoms with Crippen molar-refractivity contribution in [1.82, 2.24) is 0 Å². The summed E-state index contributed by atoms with van der Waals surface area (Å²) in [4.78, 5) is 12.0. The van der Waals surface area contributed by atoms with Gasteiger partial charge in [-0.3, -0.25) is 4.79 Å². The van der Waals surface area contributed by atoms with Crippen molar-refractivity contribution in [3.8, 4) is 0 Å². The maximum Gasteiger partial charge on any atom is 0.306 e. The largest absolute Gasteiger partial charge is 0.457 e. The number of carbonyl (C=O) groups is 1. The van der Waals surface area contributed by atoms with Gasteiger partial charge in [-0.25, -0.2) is 0 Å². The average molecular weight is 575 g/mol. The molecule has 40 heavy (non-hydrogen) atoms. The maximum atomic E-state index is 12.0. The molecule has 0 radical (unpaired) electrons. The Morgan fingerprint density at radius 2 is 1.38 bits per heavy atom. The molecule has 6 unspecified atom stereocenters. The van der Waals surface area contributed by atoms with E-state index in [0.717, 1.165) is 12.8 Å². The number of hydrogen-bond donors (Lipinski definition) is 4. The highest BCUT2D eigenvalue weighted by molar-refractivity contribution is 5.69. The minimum Gasteiger partial charge on any atom is -0.457 e. The van der Waals surface area contributed by atoms with Crippen molar-refractivity contribution in [2.75, 3.05) is 26.4 Å². The van der Waals surface area contributed by atoms with Crippen molar-refractivity contribution >= 4 is 5.97 Å². The van der Waals surface area contributed by atoms with Crippen LogP contribution < -0.4 is 0 Å². The molecule has 1 aliphatic rings. The number of carbonyl (C=O) groups excluding carboxylic acids is 1. The van der Waals surface area contributed by atoms with Gasteiger partial charge in [0.25, 0.3) is 0 Å².